The lowest BCUT2D eigenvalue weighted by molar-refractivity contribution is -0.384. The number of carbonyl (C=O) groups is 1. The van der Waals surface area contributed by atoms with Gasteiger partial charge in [0.05, 0.1) is 4.92 Å². The predicted octanol–water partition coefficient (Wildman–Crippen LogP) is 1.77. The van der Waals surface area contributed by atoms with Crippen LogP contribution in [0.25, 0.3) is 0 Å². The Labute approximate surface area is 117 Å². The van der Waals surface area contributed by atoms with Gasteiger partial charge in [-0.2, -0.15) is 0 Å². The van der Waals surface area contributed by atoms with Gasteiger partial charge >= 0.3 is 0 Å². The van der Waals surface area contributed by atoms with Crippen molar-refractivity contribution >= 4 is 11.6 Å². The molecule has 0 heterocycles. The molecule has 1 unspecified atom stereocenters. The van der Waals surface area contributed by atoms with Crippen molar-refractivity contribution in [2.24, 2.45) is 5.92 Å². The zero-order valence-corrected chi connectivity index (χ0v) is 11.5. The van der Waals surface area contributed by atoms with Crippen molar-refractivity contribution in [2.45, 2.75) is 25.8 Å². The molecule has 108 valence electrons. The topological polar surface area (TPSA) is 84.3 Å². The summed E-state index contributed by atoms with van der Waals surface area (Å²) < 4.78 is 0. The first-order chi connectivity index (χ1) is 9.58. The van der Waals surface area contributed by atoms with Crippen molar-refractivity contribution in [1.82, 2.24) is 10.6 Å². The molecule has 1 saturated carbocycles. The molecule has 6 nitrogen and oxygen atoms in total. The van der Waals surface area contributed by atoms with Crippen molar-refractivity contribution in [3.05, 3.63) is 39.9 Å². The molecular weight excluding hydrogens is 258 g/mol. The molecule has 0 aromatic heterocycles. The standard InChI is InChI=1S/C14H19N3O3/c1-10(11-4-6-13(7-5-11)17(19)20)15-8-9-16-14(18)12-2-3-12/h4-7,10,12,15H,2-3,8-9H2,1H3,(H,16,18). The molecule has 1 amide bonds. The minimum atomic E-state index is -0.407. The lowest BCUT2D eigenvalue weighted by atomic mass is 10.1. The Hall–Kier alpha value is -1.95. The van der Waals surface area contributed by atoms with E-state index >= 15 is 0 Å². The van der Waals surface area contributed by atoms with Crippen LogP contribution in [0.2, 0.25) is 0 Å². The molecule has 1 atom stereocenters. The van der Waals surface area contributed by atoms with Gasteiger partial charge in [0.2, 0.25) is 5.91 Å². The maximum absolute atomic E-state index is 11.4. The van der Waals surface area contributed by atoms with Crippen LogP contribution in [-0.2, 0) is 4.79 Å². The Morgan fingerprint density at radius 1 is 1.35 bits per heavy atom. The largest absolute Gasteiger partial charge is 0.355 e. The van der Waals surface area contributed by atoms with E-state index < -0.39 is 4.92 Å². The van der Waals surface area contributed by atoms with E-state index in [2.05, 4.69) is 10.6 Å². The first-order valence-electron chi connectivity index (χ1n) is 6.83. The summed E-state index contributed by atoms with van der Waals surface area (Å²) in [6, 6.07) is 6.59. The fourth-order valence-electron chi connectivity index (χ4n) is 1.97. The number of nitro groups is 1. The molecule has 20 heavy (non-hydrogen) atoms. The molecule has 1 fully saturated rings. The smallest absolute Gasteiger partial charge is 0.269 e. The van der Waals surface area contributed by atoms with E-state index in [4.69, 9.17) is 0 Å². The maximum Gasteiger partial charge on any atom is 0.269 e. The fraction of sp³-hybridized carbons (Fsp3) is 0.500. The van der Waals surface area contributed by atoms with Gasteiger partial charge in [0, 0.05) is 37.2 Å². The summed E-state index contributed by atoms with van der Waals surface area (Å²) in [5.41, 5.74) is 1.08. The Bertz CT molecular complexity index is 483. The molecule has 2 N–H and O–H groups in total. The highest BCUT2D eigenvalue weighted by Crippen LogP contribution is 2.28. The van der Waals surface area contributed by atoms with Crippen LogP contribution in [0.1, 0.15) is 31.4 Å². The van der Waals surface area contributed by atoms with E-state index in [1.807, 2.05) is 6.92 Å². The average molecular weight is 277 g/mol. The van der Waals surface area contributed by atoms with Gasteiger partial charge in [-0.15, -0.1) is 0 Å². The Morgan fingerprint density at radius 2 is 2.00 bits per heavy atom. The van der Waals surface area contributed by atoms with Crippen LogP contribution in [0.3, 0.4) is 0 Å². The zero-order valence-electron chi connectivity index (χ0n) is 11.5. The normalized spacial score (nSPS) is 15.7. The Balaban J connectivity index is 1.72. The highest BCUT2D eigenvalue weighted by atomic mass is 16.6. The van der Waals surface area contributed by atoms with Crippen LogP contribution >= 0.6 is 0 Å². The summed E-state index contributed by atoms with van der Waals surface area (Å²) in [7, 11) is 0. The maximum atomic E-state index is 11.4. The lowest BCUT2D eigenvalue weighted by Crippen LogP contribution is -2.33. The molecule has 0 aliphatic heterocycles. The third-order valence-corrected chi connectivity index (χ3v) is 3.43. The van der Waals surface area contributed by atoms with Gasteiger partial charge in [-0.3, -0.25) is 14.9 Å². The van der Waals surface area contributed by atoms with Gasteiger partial charge in [-0.1, -0.05) is 12.1 Å². The number of hydrogen-bond donors (Lipinski definition) is 2. The summed E-state index contributed by atoms with van der Waals surface area (Å²) in [6.07, 6.45) is 2.02. The zero-order chi connectivity index (χ0) is 14.5. The van der Waals surface area contributed by atoms with Crippen LogP contribution in [0.4, 0.5) is 5.69 Å². The van der Waals surface area contributed by atoms with Crippen molar-refractivity contribution in [2.75, 3.05) is 13.1 Å². The number of hydrogen-bond acceptors (Lipinski definition) is 4. The fourth-order valence-corrected chi connectivity index (χ4v) is 1.97. The van der Waals surface area contributed by atoms with Gasteiger partial charge < -0.3 is 10.6 Å². The minimum Gasteiger partial charge on any atom is -0.355 e. The number of amides is 1. The monoisotopic (exact) mass is 277 g/mol. The number of nitrogens with zero attached hydrogens (tertiary/aromatic N) is 1. The van der Waals surface area contributed by atoms with Crippen LogP contribution in [0.15, 0.2) is 24.3 Å². The van der Waals surface area contributed by atoms with Gasteiger partial charge in [0.25, 0.3) is 5.69 Å². The SMILES string of the molecule is CC(NCCNC(=O)C1CC1)c1ccc([N+](=O)[O-])cc1. The van der Waals surface area contributed by atoms with Gasteiger partial charge in [-0.25, -0.2) is 0 Å². The number of nitro benzene ring substituents is 1. The molecule has 0 bridgehead atoms. The summed E-state index contributed by atoms with van der Waals surface area (Å²) in [6.45, 7) is 3.27. The van der Waals surface area contributed by atoms with E-state index in [-0.39, 0.29) is 23.6 Å². The number of rotatable bonds is 7. The molecule has 2 rings (SSSR count). The van der Waals surface area contributed by atoms with Crippen LogP contribution < -0.4 is 10.6 Å². The van der Waals surface area contributed by atoms with Crippen molar-refractivity contribution in [1.29, 1.82) is 0 Å². The molecule has 6 heteroatoms. The summed E-state index contributed by atoms with van der Waals surface area (Å²) in [5, 5.41) is 16.7. The first kappa shape index (κ1) is 14.5. The van der Waals surface area contributed by atoms with Gasteiger partial charge in [0.1, 0.15) is 0 Å². The molecule has 0 radical (unpaired) electrons. The van der Waals surface area contributed by atoms with Crippen LogP contribution in [0, 0.1) is 16.0 Å². The Kier molecular flexibility index (Phi) is 4.68. The third kappa shape index (κ3) is 4.03. The summed E-state index contributed by atoms with van der Waals surface area (Å²) in [4.78, 5) is 21.6. The molecule has 0 saturated heterocycles. The van der Waals surface area contributed by atoms with E-state index in [1.165, 1.54) is 12.1 Å². The molecule has 1 aliphatic carbocycles. The number of non-ortho nitro benzene ring substituents is 1. The van der Waals surface area contributed by atoms with Gasteiger partial charge in [-0.05, 0) is 25.3 Å². The lowest BCUT2D eigenvalue weighted by Gasteiger charge is -2.14. The molecule has 1 aliphatic rings. The Morgan fingerprint density at radius 3 is 2.55 bits per heavy atom. The number of carbonyl (C=O) groups excluding carboxylic acids is 1. The average Bonchev–Trinajstić information content (AvgIpc) is 3.27. The number of nitrogens with one attached hydrogen (secondary N) is 2. The van der Waals surface area contributed by atoms with E-state index in [0.29, 0.717) is 13.1 Å². The molecule has 1 aromatic carbocycles. The highest BCUT2D eigenvalue weighted by molar-refractivity contribution is 5.80. The van der Waals surface area contributed by atoms with E-state index in [0.717, 1.165) is 18.4 Å². The summed E-state index contributed by atoms with van der Waals surface area (Å²) in [5.74, 6) is 0.386. The second-order valence-corrected chi connectivity index (χ2v) is 5.09. The minimum absolute atomic E-state index is 0.0913. The van der Waals surface area contributed by atoms with Crippen molar-refractivity contribution < 1.29 is 9.72 Å². The van der Waals surface area contributed by atoms with Gasteiger partial charge in [0.15, 0.2) is 0 Å². The molecule has 1 aromatic rings. The molecular formula is C14H19N3O3. The predicted molar refractivity (Wildman–Crippen MR) is 75.2 cm³/mol. The second-order valence-electron chi connectivity index (χ2n) is 5.09. The van der Waals surface area contributed by atoms with E-state index in [1.54, 1.807) is 12.1 Å². The van der Waals surface area contributed by atoms with Crippen LogP contribution in [0.5, 0.6) is 0 Å². The first-order valence-corrected chi connectivity index (χ1v) is 6.83. The summed E-state index contributed by atoms with van der Waals surface area (Å²) >= 11 is 0. The third-order valence-electron chi connectivity index (χ3n) is 3.43. The van der Waals surface area contributed by atoms with Crippen LogP contribution in [-0.4, -0.2) is 23.9 Å². The van der Waals surface area contributed by atoms with E-state index in [9.17, 15) is 14.9 Å². The highest BCUT2D eigenvalue weighted by Gasteiger charge is 2.28. The van der Waals surface area contributed by atoms with Crippen molar-refractivity contribution in [3.8, 4) is 0 Å². The second kappa shape index (κ2) is 6.47. The molecule has 0 spiro atoms. The number of benzene rings is 1. The quantitative estimate of drug-likeness (QED) is 0.452. The van der Waals surface area contributed by atoms with Crippen molar-refractivity contribution in [3.63, 3.8) is 0 Å².